The van der Waals surface area contributed by atoms with Crippen molar-refractivity contribution in [1.82, 2.24) is 0 Å². The second kappa shape index (κ2) is 25.0. The number of aliphatic carboxylic acids is 1. The van der Waals surface area contributed by atoms with Gasteiger partial charge in [-0.25, -0.2) is 13.3 Å². The van der Waals surface area contributed by atoms with Gasteiger partial charge in [0.15, 0.2) is 0 Å². The second-order valence-corrected chi connectivity index (χ2v) is 20.5. The number of carboxylic acids is 1. The molecule has 4 N–H and O–H groups in total. The Balaban J connectivity index is 0.000000474. The van der Waals surface area contributed by atoms with Crippen LogP contribution in [-0.4, -0.2) is 93.8 Å². The fraction of sp³-hybridized carbons (Fsp3) is 0.659. The van der Waals surface area contributed by atoms with E-state index in [2.05, 4.69) is 0 Å². The summed E-state index contributed by atoms with van der Waals surface area (Å²) in [6, 6.07) is 9.38. The number of alkyl halides is 2. The van der Waals surface area contributed by atoms with Crippen molar-refractivity contribution >= 4 is 37.7 Å². The van der Waals surface area contributed by atoms with E-state index in [0.29, 0.717) is 18.4 Å². The topological polar surface area (TPSA) is 205 Å². The Bertz CT molecular complexity index is 1760. The number of carboxylic acid groups (broad SMARTS) is 1. The summed E-state index contributed by atoms with van der Waals surface area (Å²) in [7, 11) is -4.77. The van der Waals surface area contributed by atoms with E-state index in [1.165, 1.54) is 31.8 Å². The Kier molecular flexibility index (Phi) is 23.1. The van der Waals surface area contributed by atoms with E-state index in [-0.39, 0.29) is 67.3 Å². The summed E-state index contributed by atoms with van der Waals surface area (Å²) in [5, 5.41) is 28.1. The van der Waals surface area contributed by atoms with Crippen LogP contribution < -0.4 is 4.52 Å². The first kappa shape index (κ1) is 55.5. The molecule has 10 unspecified atom stereocenters. The Labute approximate surface area is 358 Å². The molecule has 60 heavy (non-hydrogen) atoms. The van der Waals surface area contributed by atoms with Crippen LogP contribution in [0.2, 0.25) is 0 Å². The molecule has 0 spiro atoms. The molecule has 2 heterocycles. The first-order valence-electron chi connectivity index (χ1n) is 19.3. The molecule has 4 rings (SSSR count). The smallest absolute Gasteiger partial charge is 0.481 e. The van der Waals surface area contributed by atoms with E-state index in [9.17, 15) is 42.6 Å². The summed E-state index contributed by atoms with van der Waals surface area (Å²) in [5.41, 5.74) is 2.77. The lowest BCUT2D eigenvalue weighted by atomic mass is 9.98. The second-order valence-electron chi connectivity index (χ2n) is 15.6. The van der Waals surface area contributed by atoms with Crippen molar-refractivity contribution < 1.29 is 75.5 Å². The first-order chi connectivity index (χ1) is 27.3. The Morgan fingerprint density at radius 1 is 0.883 bits per heavy atom. The summed E-state index contributed by atoms with van der Waals surface area (Å²) < 4.78 is 80.7. The molecule has 0 bridgehead atoms. The number of rotatable bonds is 16. The van der Waals surface area contributed by atoms with Crippen molar-refractivity contribution in [2.24, 2.45) is 5.92 Å². The fourth-order valence-electron chi connectivity index (χ4n) is 6.24. The van der Waals surface area contributed by atoms with Gasteiger partial charge >= 0.3 is 19.8 Å². The molecule has 344 valence electrons. The van der Waals surface area contributed by atoms with Gasteiger partial charge in [-0.15, -0.1) is 0 Å². The molecule has 2 aromatic carbocycles. The van der Waals surface area contributed by atoms with Crippen LogP contribution in [0.1, 0.15) is 103 Å². The number of aliphatic hydroxyl groups excluding tert-OH is 2. The maximum Gasteiger partial charge on any atom is 0.527 e. The van der Waals surface area contributed by atoms with Crippen LogP contribution >= 0.6 is 25.8 Å². The Morgan fingerprint density at radius 3 is 1.95 bits per heavy atom. The number of aliphatic hydroxyl groups is 2. The lowest BCUT2D eigenvalue weighted by Crippen LogP contribution is -2.35. The summed E-state index contributed by atoms with van der Waals surface area (Å²) in [6.07, 6.45) is -2.82. The highest BCUT2D eigenvalue weighted by molar-refractivity contribution is 7.84. The van der Waals surface area contributed by atoms with E-state index in [0.717, 1.165) is 17.5 Å². The van der Waals surface area contributed by atoms with Crippen molar-refractivity contribution in [1.29, 1.82) is 0 Å². The van der Waals surface area contributed by atoms with Gasteiger partial charge in [-0.2, -0.15) is 0 Å². The normalized spacial score (nSPS) is 25.6. The molecule has 2 fully saturated rings. The summed E-state index contributed by atoms with van der Waals surface area (Å²) in [4.78, 5) is 32.4. The molecular formula is C41H65ClF2O14P2. The van der Waals surface area contributed by atoms with Crippen LogP contribution in [0.3, 0.4) is 0 Å². The molecule has 14 nitrogen and oxygen atoms in total. The molecule has 2 aliphatic rings. The minimum absolute atomic E-state index is 0. The van der Waals surface area contributed by atoms with Crippen LogP contribution in [0.25, 0.3) is 0 Å². The minimum atomic E-state index is -4.77. The van der Waals surface area contributed by atoms with Gasteiger partial charge in [0.1, 0.15) is 43.0 Å². The van der Waals surface area contributed by atoms with Gasteiger partial charge in [0.25, 0.3) is 6.72 Å². The zero-order valence-corrected chi connectivity index (χ0v) is 37.7. The zero-order valence-electron chi connectivity index (χ0n) is 35.1. The first-order valence-corrected chi connectivity index (χ1v) is 23.8. The summed E-state index contributed by atoms with van der Waals surface area (Å²) in [5.74, 6) is -1.21. The fourth-order valence-corrected chi connectivity index (χ4v) is 8.31. The molecule has 2 aliphatic heterocycles. The maximum absolute atomic E-state index is 12.9. The number of ether oxygens (including phenoxy) is 3. The van der Waals surface area contributed by atoms with Crippen LogP contribution in [0, 0.1) is 12.8 Å². The van der Waals surface area contributed by atoms with Crippen molar-refractivity contribution in [3.63, 3.8) is 0 Å². The van der Waals surface area contributed by atoms with E-state index >= 15 is 0 Å². The van der Waals surface area contributed by atoms with Crippen molar-refractivity contribution in [3.8, 4) is 5.75 Å². The Morgan fingerprint density at radius 2 is 1.43 bits per heavy atom. The third-order valence-corrected chi connectivity index (χ3v) is 11.2. The van der Waals surface area contributed by atoms with Crippen molar-refractivity contribution in [3.05, 3.63) is 64.2 Å². The van der Waals surface area contributed by atoms with Gasteiger partial charge in [-0.3, -0.25) is 23.6 Å². The molecular weight excluding hydrogens is 852 g/mol. The molecule has 2 saturated heterocycles. The standard InChI is InChI=1S/C16H22FO9P.C15H21FO2.C9H18ClO3P.CH4/c1-9-15(21)16(13(8-18)24-9)26-27(22,23)25-12-4-2-10(7-17)6-11(12)3-5-14(19)20;1-11-5-6-12(10-16)9-13(11)7-8-14(17)18-15(2,3)4;1-5-8-9(13-14(4,10)11)6(2)7(3)12-8;/h2,4,6,9,13,15-16,18,21H,3,5,7-8H2,1H3,(H,19,20)(H,22,23);5-6,9H,7-8,10H2,1-4H3;6-9H,5H2,1-4H3;1H4. The number of carbonyl (C=O) groups is 2. The number of phosphoric acid groups is 1. The van der Waals surface area contributed by atoms with Gasteiger partial charge in [-0.1, -0.05) is 45.5 Å². The van der Waals surface area contributed by atoms with Crippen LogP contribution in [0.4, 0.5) is 8.78 Å². The van der Waals surface area contributed by atoms with Crippen LogP contribution in [0.15, 0.2) is 36.4 Å². The van der Waals surface area contributed by atoms with Gasteiger partial charge < -0.3 is 38.6 Å². The average molecular weight is 917 g/mol. The van der Waals surface area contributed by atoms with E-state index < -0.39 is 70.5 Å². The summed E-state index contributed by atoms with van der Waals surface area (Å²) >= 11 is 5.63. The number of halogens is 3. The lowest BCUT2D eigenvalue weighted by molar-refractivity contribution is -0.154. The SMILES string of the molecule is C.CC1OC(CO)C(OP(=O)(O)Oc2ccc(CF)cc2CCC(=O)O)C1O.CCC1OC(C)C(C)C1OP(C)(=O)Cl.Cc1ccc(CF)cc1CCC(=O)OC(C)(C)C. The number of hydrogen-bond donors (Lipinski definition) is 4. The van der Waals surface area contributed by atoms with Gasteiger partial charge in [-0.05, 0) is 112 Å². The van der Waals surface area contributed by atoms with E-state index in [1.54, 1.807) is 6.07 Å². The summed E-state index contributed by atoms with van der Waals surface area (Å²) in [6.45, 7) is 11.8. The molecule has 0 saturated carbocycles. The number of esters is 1. The molecule has 0 aliphatic carbocycles. The number of benzene rings is 2. The quantitative estimate of drug-likeness (QED) is 0.0918. The third-order valence-electron chi connectivity index (χ3n) is 9.42. The lowest BCUT2D eigenvalue weighted by Gasteiger charge is -2.23. The number of carbonyl (C=O) groups excluding carboxylic acids is 1. The van der Waals surface area contributed by atoms with Crippen molar-refractivity contribution in [2.45, 2.75) is 157 Å². The Hall–Kier alpha value is -2.49. The van der Waals surface area contributed by atoms with Crippen molar-refractivity contribution in [2.75, 3.05) is 13.3 Å². The zero-order chi connectivity index (χ0) is 44.9. The highest BCUT2D eigenvalue weighted by Gasteiger charge is 2.46. The van der Waals surface area contributed by atoms with Crippen LogP contribution in [-0.2, 0) is 68.2 Å². The highest BCUT2D eigenvalue weighted by Crippen LogP contribution is 2.52. The van der Waals surface area contributed by atoms with Crippen LogP contribution in [0.5, 0.6) is 5.75 Å². The average Bonchev–Trinajstić information content (AvgIpc) is 3.56. The van der Waals surface area contributed by atoms with E-state index in [1.807, 2.05) is 60.6 Å². The third kappa shape index (κ3) is 18.9. The molecule has 10 atom stereocenters. The maximum atomic E-state index is 12.9. The molecule has 0 radical (unpaired) electrons. The predicted octanol–water partition coefficient (Wildman–Crippen LogP) is 8.82. The highest BCUT2D eigenvalue weighted by atomic mass is 35.7. The van der Waals surface area contributed by atoms with Gasteiger partial charge in [0, 0.05) is 25.4 Å². The molecule has 2 aromatic rings. The molecule has 0 amide bonds. The number of hydrogen-bond acceptors (Lipinski definition) is 12. The molecule has 19 heteroatoms. The van der Waals surface area contributed by atoms with E-state index in [4.69, 9.17) is 44.1 Å². The van der Waals surface area contributed by atoms with Gasteiger partial charge in [0.2, 0.25) is 0 Å². The number of aryl methyl sites for hydroxylation is 3. The number of phosphoric ester groups is 1. The van der Waals surface area contributed by atoms with Gasteiger partial charge in [0.05, 0.1) is 31.0 Å². The predicted molar refractivity (Wildman–Crippen MR) is 225 cm³/mol. The largest absolute Gasteiger partial charge is 0.527 e. The molecule has 0 aromatic heterocycles. The monoisotopic (exact) mass is 916 g/mol. The minimum Gasteiger partial charge on any atom is -0.481 e.